The summed E-state index contributed by atoms with van der Waals surface area (Å²) in [5.41, 5.74) is 1.40. The Balaban J connectivity index is 2.03. The first-order valence-electron chi connectivity index (χ1n) is 7.02. The average Bonchev–Trinajstić information content (AvgIpc) is 3.00. The molecule has 0 radical (unpaired) electrons. The quantitative estimate of drug-likeness (QED) is 0.729. The third kappa shape index (κ3) is 3.11. The van der Waals surface area contributed by atoms with Crippen molar-refractivity contribution in [1.29, 1.82) is 0 Å². The van der Waals surface area contributed by atoms with Crippen LogP contribution in [0.2, 0.25) is 0 Å². The van der Waals surface area contributed by atoms with E-state index in [4.69, 9.17) is 11.6 Å². The Hall–Kier alpha value is -2.24. The second kappa shape index (κ2) is 6.48. The average molecular weight is 344 g/mol. The van der Waals surface area contributed by atoms with E-state index in [1.165, 1.54) is 11.3 Å². The Morgan fingerprint density at radius 2 is 1.52 bits per heavy atom. The smallest absolute Gasteiger partial charge is 0.256 e. The van der Waals surface area contributed by atoms with Gasteiger partial charge in [0, 0.05) is 0 Å². The van der Waals surface area contributed by atoms with Gasteiger partial charge < -0.3 is 0 Å². The Bertz CT molecular complexity index is 765. The Labute approximate surface area is 143 Å². The molecule has 0 atom stereocenters. The van der Waals surface area contributed by atoms with Crippen molar-refractivity contribution in [2.24, 2.45) is 0 Å². The molecule has 3 aromatic rings. The summed E-state index contributed by atoms with van der Waals surface area (Å²) < 4.78 is 0. The Morgan fingerprint density at radius 1 is 1.00 bits per heavy atom. The molecule has 116 valence electrons. The molecule has 1 heterocycles. The van der Waals surface area contributed by atoms with E-state index >= 15 is 0 Å². The molecule has 0 aliphatic heterocycles. The molecule has 0 aliphatic carbocycles. The number of nitrogens with one attached hydrogen (secondary N) is 1. The van der Waals surface area contributed by atoms with Gasteiger partial charge in [-0.25, -0.2) is 0 Å². The normalized spacial score (nSPS) is 11.2. The molecule has 1 N–H and O–H groups in total. The first-order chi connectivity index (χ1) is 11.1. The summed E-state index contributed by atoms with van der Waals surface area (Å²) in [5, 5.41) is 11.8. The minimum Gasteiger partial charge on any atom is -0.298 e. The lowest BCUT2D eigenvalue weighted by molar-refractivity contribution is -0.117. The molecule has 1 aromatic heterocycles. The minimum atomic E-state index is -1.33. The van der Waals surface area contributed by atoms with E-state index in [2.05, 4.69) is 15.5 Å². The maximum atomic E-state index is 12.9. The fourth-order valence-corrected chi connectivity index (χ4v) is 3.18. The third-order valence-electron chi connectivity index (χ3n) is 3.40. The Morgan fingerprint density at radius 3 is 1.96 bits per heavy atom. The fraction of sp³-hybridized carbons (Fsp3) is 0.118. The van der Waals surface area contributed by atoms with Gasteiger partial charge in [-0.05, 0) is 18.1 Å². The molecule has 2 aromatic carbocycles. The van der Waals surface area contributed by atoms with Crippen LogP contribution in [0.5, 0.6) is 0 Å². The molecular weight excluding hydrogens is 330 g/mol. The standard InChI is InChI=1S/C17H14ClN3OS/c1-12-20-21-16(23-12)19-15(22)17(18,13-8-4-2-5-9-13)14-10-6-3-7-11-14/h2-11H,1H3,(H,19,21,22). The van der Waals surface area contributed by atoms with E-state index in [-0.39, 0.29) is 5.91 Å². The number of halogens is 1. The van der Waals surface area contributed by atoms with Crippen LogP contribution in [0, 0.1) is 6.92 Å². The predicted molar refractivity (Wildman–Crippen MR) is 92.8 cm³/mol. The van der Waals surface area contributed by atoms with Gasteiger partial charge >= 0.3 is 0 Å². The number of hydrogen-bond acceptors (Lipinski definition) is 4. The molecule has 6 heteroatoms. The van der Waals surface area contributed by atoms with Gasteiger partial charge in [-0.1, -0.05) is 83.6 Å². The molecule has 1 amide bonds. The van der Waals surface area contributed by atoms with Crippen molar-refractivity contribution >= 4 is 34.0 Å². The highest BCUT2D eigenvalue weighted by Crippen LogP contribution is 2.38. The van der Waals surface area contributed by atoms with Crippen LogP contribution in [0.25, 0.3) is 0 Å². The highest BCUT2D eigenvalue weighted by atomic mass is 35.5. The Kier molecular flexibility index (Phi) is 4.41. The number of nitrogens with zero attached hydrogens (tertiary/aromatic N) is 2. The summed E-state index contributed by atoms with van der Waals surface area (Å²) in [5.74, 6) is -0.354. The molecule has 0 saturated heterocycles. The lowest BCUT2D eigenvalue weighted by Crippen LogP contribution is -2.36. The summed E-state index contributed by atoms with van der Waals surface area (Å²) in [6.45, 7) is 1.83. The van der Waals surface area contributed by atoms with Crippen molar-refractivity contribution in [1.82, 2.24) is 10.2 Å². The number of aromatic nitrogens is 2. The van der Waals surface area contributed by atoms with E-state index in [1.54, 1.807) is 0 Å². The lowest BCUT2D eigenvalue weighted by Gasteiger charge is -2.26. The van der Waals surface area contributed by atoms with Gasteiger partial charge in [0.05, 0.1) is 0 Å². The van der Waals surface area contributed by atoms with Gasteiger partial charge in [-0.15, -0.1) is 10.2 Å². The summed E-state index contributed by atoms with van der Waals surface area (Å²) in [4.78, 5) is 11.6. The summed E-state index contributed by atoms with van der Waals surface area (Å²) in [7, 11) is 0. The third-order valence-corrected chi connectivity index (χ3v) is 4.76. The van der Waals surface area contributed by atoms with Crippen molar-refractivity contribution in [3.8, 4) is 0 Å². The molecule has 4 nitrogen and oxygen atoms in total. The van der Waals surface area contributed by atoms with Crippen LogP contribution in [-0.2, 0) is 9.67 Å². The number of carbonyl (C=O) groups excluding carboxylic acids is 1. The van der Waals surface area contributed by atoms with Crippen LogP contribution < -0.4 is 5.32 Å². The van der Waals surface area contributed by atoms with Crippen molar-refractivity contribution < 1.29 is 4.79 Å². The second-order valence-corrected chi connectivity index (χ2v) is 6.72. The zero-order valence-electron chi connectivity index (χ0n) is 12.4. The number of amides is 1. The summed E-state index contributed by atoms with van der Waals surface area (Å²) in [6, 6.07) is 18.6. The topological polar surface area (TPSA) is 54.9 Å². The van der Waals surface area contributed by atoms with Gasteiger partial charge in [-0.2, -0.15) is 0 Å². The number of aryl methyl sites for hydroxylation is 1. The van der Waals surface area contributed by atoms with Crippen LogP contribution >= 0.6 is 22.9 Å². The molecule has 0 aliphatic rings. The van der Waals surface area contributed by atoms with Gasteiger partial charge in [0.15, 0.2) is 4.87 Å². The van der Waals surface area contributed by atoms with E-state index in [1.807, 2.05) is 67.6 Å². The monoisotopic (exact) mass is 343 g/mol. The highest BCUT2D eigenvalue weighted by Gasteiger charge is 2.40. The molecule has 0 spiro atoms. The van der Waals surface area contributed by atoms with Gasteiger partial charge in [0.1, 0.15) is 5.01 Å². The maximum absolute atomic E-state index is 12.9. The van der Waals surface area contributed by atoms with Crippen molar-refractivity contribution in [3.63, 3.8) is 0 Å². The largest absolute Gasteiger partial charge is 0.298 e. The fourth-order valence-electron chi connectivity index (χ4n) is 2.29. The maximum Gasteiger partial charge on any atom is 0.256 e. The number of hydrogen-bond donors (Lipinski definition) is 1. The molecule has 0 saturated carbocycles. The summed E-state index contributed by atoms with van der Waals surface area (Å²) >= 11 is 8.15. The summed E-state index contributed by atoms with van der Waals surface area (Å²) in [6.07, 6.45) is 0. The first kappa shape index (κ1) is 15.6. The van der Waals surface area contributed by atoms with Crippen molar-refractivity contribution in [3.05, 3.63) is 76.8 Å². The number of rotatable bonds is 4. The molecule has 0 unspecified atom stereocenters. The molecule has 0 bridgehead atoms. The molecular formula is C17H14ClN3OS. The predicted octanol–water partition coefficient (Wildman–Crippen LogP) is 3.97. The second-order valence-electron chi connectivity index (χ2n) is 4.97. The molecule has 3 rings (SSSR count). The van der Waals surface area contributed by atoms with Crippen LogP contribution in [0.4, 0.5) is 5.13 Å². The molecule has 0 fully saturated rings. The zero-order valence-corrected chi connectivity index (χ0v) is 13.9. The van der Waals surface area contributed by atoms with Crippen LogP contribution in [0.1, 0.15) is 16.1 Å². The van der Waals surface area contributed by atoms with Gasteiger partial charge in [0.2, 0.25) is 5.13 Å². The highest BCUT2D eigenvalue weighted by molar-refractivity contribution is 7.15. The minimum absolute atomic E-state index is 0.354. The van der Waals surface area contributed by atoms with E-state index in [0.29, 0.717) is 16.3 Å². The molecule has 23 heavy (non-hydrogen) atoms. The van der Waals surface area contributed by atoms with Crippen LogP contribution in [0.3, 0.4) is 0 Å². The number of benzene rings is 2. The van der Waals surface area contributed by atoms with Gasteiger partial charge in [0.25, 0.3) is 5.91 Å². The van der Waals surface area contributed by atoms with E-state index in [9.17, 15) is 4.79 Å². The number of carbonyl (C=O) groups is 1. The van der Waals surface area contributed by atoms with Crippen molar-refractivity contribution in [2.75, 3.05) is 5.32 Å². The number of alkyl halides is 1. The van der Waals surface area contributed by atoms with Gasteiger partial charge in [-0.3, -0.25) is 10.1 Å². The first-order valence-corrected chi connectivity index (χ1v) is 8.21. The van der Waals surface area contributed by atoms with Crippen LogP contribution in [0.15, 0.2) is 60.7 Å². The van der Waals surface area contributed by atoms with E-state index < -0.39 is 4.87 Å². The van der Waals surface area contributed by atoms with Crippen LogP contribution in [-0.4, -0.2) is 16.1 Å². The zero-order chi connectivity index (χ0) is 16.3. The SMILES string of the molecule is Cc1nnc(NC(=O)C(Cl)(c2ccccc2)c2ccccc2)s1. The van der Waals surface area contributed by atoms with Crippen molar-refractivity contribution in [2.45, 2.75) is 11.8 Å². The lowest BCUT2D eigenvalue weighted by atomic mass is 9.89. The number of anilines is 1. The van der Waals surface area contributed by atoms with E-state index in [0.717, 1.165) is 5.01 Å².